The van der Waals surface area contributed by atoms with Crippen molar-refractivity contribution in [2.75, 3.05) is 18.8 Å². The van der Waals surface area contributed by atoms with Gasteiger partial charge in [0.15, 0.2) is 0 Å². The minimum Gasteiger partial charge on any atom is -0.497 e. The molecule has 2 heterocycles. The van der Waals surface area contributed by atoms with Crippen LogP contribution >= 0.6 is 7.75 Å². The monoisotopic (exact) mass is 452 g/mol. The first-order valence-electron chi connectivity index (χ1n) is 9.14. The topological polar surface area (TPSA) is 181 Å². The van der Waals surface area contributed by atoms with Gasteiger partial charge in [-0.1, -0.05) is 5.11 Å². The van der Waals surface area contributed by atoms with E-state index in [0.29, 0.717) is 17.0 Å². The number of azide groups is 1. The van der Waals surface area contributed by atoms with Crippen molar-refractivity contribution in [1.82, 2.24) is 9.55 Å². The number of aromatic nitrogens is 2. The second kappa shape index (κ2) is 9.38. The fraction of sp³-hybridized carbons (Fsp3) is 0.412. The molecule has 0 aliphatic carbocycles. The van der Waals surface area contributed by atoms with E-state index < -0.39 is 37.4 Å². The highest BCUT2D eigenvalue weighted by molar-refractivity contribution is 7.54. The van der Waals surface area contributed by atoms with Crippen molar-refractivity contribution >= 4 is 13.4 Å². The number of methoxy groups -OCH3 is 1. The van der Waals surface area contributed by atoms with Gasteiger partial charge in [-0.15, -0.1) is 0 Å². The third-order valence-corrected chi connectivity index (χ3v) is 5.67. The Kier molecular flexibility index (Phi) is 6.84. The van der Waals surface area contributed by atoms with Crippen molar-refractivity contribution in [2.24, 2.45) is 5.11 Å². The Balaban J connectivity index is 1.70. The van der Waals surface area contributed by atoms with Crippen LogP contribution in [-0.4, -0.2) is 40.3 Å². The number of ether oxygens (including phenoxy) is 2. The van der Waals surface area contributed by atoms with Crippen LogP contribution in [0, 0.1) is 6.92 Å². The van der Waals surface area contributed by atoms with E-state index >= 15 is 0 Å². The highest BCUT2D eigenvalue weighted by atomic mass is 31.2. The molecule has 14 heteroatoms. The SMILES string of the molecule is COc1ccc(NP(=O)(O)OC[C@H]2O[C@@H](n3cc(C)c(=O)[nH]c3=O)CC2N=[N+]=[N-])cc1. The van der Waals surface area contributed by atoms with Gasteiger partial charge >= 0.3 is 13.4 Å². The lowest BCUT2D eigenvalue weighted by molar-refractivity contribution is -0.0237. The highest BCUT2D eigenvalue weighted by Crippen LogP contribution is 2.43. The fourth-order valence-electron chi connectivity index (χ4n) is 3.06. The van der Waals surface area contributed by atoms with Crippen LogP contribution in [0.1, 0.15) is 18.2 Å². The number of H-pyrrole nitrogens is 1. The van der Waals surface area contributed by atoms with Gasteiger partial charge in [-0.25, -0.2) is 9.36 Å². The highest BCUT2D eigenvalue weighted by Gasteiger charge is 2.38. The molecule has 0 radical (unpaired) electrons. The predicted octanol–water partition coefficient (Wildman–Crippen LogP) is 2.05. The molecule has 2 aromatic rings. The molecule has 4 atom stereocenters. The summed E-state index contributed by atoms with van der Waals surface area (Å²) in [6.45, 7) is 1.15. The van der Waals surface area contributed by atoms with E-state index in [1.807, 2.05) is 0 Å². The Bertz CT molecular complexity index is 1140. The van der Waals surface area contributed by atoms with Gasteiger partial charge in [0.25, 0.3) is 5.56 Å². The molecule has 0 spiro atoms. The van der Waals surface area contributed by atoms with Crippen LogP contribution in [0.4, 0.5) is 5.69 Å². The molecule has 1 saturated heterocycles. The van der Waals surface area contributed by atoms with Crippen molar-refractivity contribution in [3.63, 3.8) is 0 Å². The number of hydrogen-bond acceptors (Lipinski definition) is 7. The number of hydrogen-bond donors (Lipinski definition) is 3. The van der Waals surface area contributed by atoms with Gasteiger partial charge in [0.2, 0.25) is 0 Å². The van der Waals surface area contributed by atoms with E-state index in [2.05, 4.69) is 20.1 Å². The summed E-state index contributed by atoms with van der Waals surface area (Å²) >= 11 is 0. The average Bonchev–Trinajstić information content (AvgIpc) is 3.12. The van der Waals surface area contributed by atoms with Crippen LogP contribution in [0.25, 0.3) is 10.4 Å². The minimum absolute atomic E-state index is 0.116. The Morgan fingerprint density at radius 2 is 2.13 bits per heavy atom. The molecule has 3 N–H and O–H groups in total. The van der Waals surface area contributed by atoms with E-state index in [-0.39, 0.29) is 13.0 Å². The fourth-order valence-corrected chi connectivity index (χ4v) is 3.95. The van der Waals surface area contributed by atoms with Gasteiger partial charge < -0.3 is 14.4 Å². The number of aromatic amines is 1. The molecule has 1 fully saturated rings. The van der Waals surface area contributed by atoms with E-state index in [4.69, 9.17) is 19.5 Å². The molecule has 2 unspecified atom stereocenters. The lowest BCUT2D eigenvalue weighted by Gasteiger charge is -2.19. The summed E-state index contributed by atoms with van der Waals surface area (Å²) in [5.74, 6) is 0.578. The zero-order valence-electron chi connectivity index (χ0n) is 16.7. The molecule has 1 aromatic carbocycles. The van der Waals surface area contributed by atoms with Crippen molar-refractivity contribution in [2.45, 2.75) is 31.7 Å². The number of aryl methyl sites for hydroxylation is 1. The van der Waals surface area contributed by atoms with Crippen molar-refractivity contribution < 1.29 is 23.5 Å². The minimum atomic E-state index is -4.27. The molecule has 3 rings (SSSR count). The summed E-state index contributed by atoms with van der Waals surface area (Å²) in [5.41, 5.74) is 8.25. The largest absolute Gasteiger partial charge is 0.497 e. The molecule has 0 saturated carbocycles. The molecule has 0 bridgehead atoms. The van der Waals surface area contributed by atoms with Crippen LogP contribution in [-0.2, 0) is 13.8 Å². The van der Waals surface area contributed by atoms with Gasteiger partial charge in [0, 0.05) is 28.8 Å². The van der Waals surface area contributed by atoms with E-state index in [1.165, 1.54) is 24.8 Å². The van der Waals surface area contributed by atoms with Gasteiger partial charge in [0.05, 0.1) is 25.9 Å². The van der Waals surface area contributed by atoms with Gasteiger partial charge in [-0.2, -0.15) is 0 Å². The first kappa shape index (κ1) is 22.6. The van der Waals surface area contributed by atoms with Crippen LogP contribution in [0.2, 0.25) is 0 Å². The standard InChI is InChI=1S/C17H21N6O7P/c1-10-8-23(17(25)19-16(10)24)15-7-13(20-22-18)14(30-15)9-29-31(26,27)21-11-3-5-12(28-2)6-4-11/h3-6,8,13-15H,7,9H2,1-2H3,(H,19,24,25)(H2,21,26,27)/t13?,14-,15-/m1/s1. The quantitative estimate of drug-likeness (QED) is 0.235. The van der Waals surface area contributed by atoms with Crippen LogP contribution in [0.15, 0.2) is 45.2 Å². The van der Waals surface area contributed by atoms with Crippen molar-refractivity contribution in [3.05, 3.63) is 67.3 Å². The maximum absolute atomic E-state index is 12.4. The van der Waals surface area contributed by atoms with Gasteiger partial charge in [-0.05, 0) is 36.7 Å². The predicted molar refractivity (Wildman–Crippen MR) is 110 cm³/mol. The Labute approximate surface area is 175 Å². The van der Waals surface area contributed by atoms with Crippen LogP contribution in [0.3, 0.4) is 0 Å². The van der Waals surface area contributed by atoms with E-state index in [1.54, 1.807) is 24.3 Å². The molecule has 1 aliphatic heterocycles. The number of anilines is 1. The Morgan fingerprint density at radius 3 is 2.77 bits per heavy atom. The van der Waals surface area contributed by atoms with Crippen molar-refractivity contribution in [1.29, 1.82) is 0 Å². The van der Waals surface area contributed by atoms with E-state index in [0.717, 1.165) is 0 Å². The number of rotatable bonds is 8. The molecule has 1 aromatic heterocycles. The molecule has 166 valence electrons. The molecular formula is C17H21N6O7P. The number of nitrogens with zero attached hydrogens (tertiary/aromatic N) is 4. The third kappa shape index (κ3) is 5.54. The smallest absolute Gasteiger partial charge is 0.430 e. The average molecular weight is 452 g/mol. The molecule has 0 amide bonds. The normalized spacial score (nSPS) is 22.4. The lowest BCUT2D eigenvalue weighted by Crippen LogP contribution is -2.33. The van der Waals surface area contributed by atoms with E-state index in [9.17, 15) is 19.0 Å². The summed E-state index contributed by atoms with van der Waals surface area (Å²) in [6.07, 6.45) is -0.284. The van der Waals surface area contributed by atoms with Crippen molar-refractivity contribution in [3.8, 4) is 5.75 Å². The lowest BCUT2D eigenvalue weighted by atomic mass is 10.1. The summed E-state index contributed by atoms with van der Waals surface area (Å²) in [7, 11) is -2.77. The third-order valence-electron chi connectivity index (χ3n) is 4.63. The first-order valence-corrected chi connectivity index (χ1v) is 10.7. The summed E-state index contributed by atoms with van der Waals surface area (Å²) < 4.78 is 29.4. The zero-order chi connectivity index (χ0) is 22.6. The van der Waals surface area contributed by atoms with Crippen LogP contribution < -0.4 is 21.1 Å². The summed E-state index contributed by atoms with van der Waals surface area (Å²) in [6, 6.07) is 5.54. The Hall–Kier alpha value is -3.08. The number of nitrogens with one attached hydrogen (secondary N) is 2. The maximum atomic E-state index is 12.4. The van der Waals surface area contributed by atoms with Crippen LogP contribution in [0.5, 0.6) is 5.75 Å². The number of benzene rings is 1. The summed E-state index contributed by atoms with van der Waals surface area (Å²) in [4.78, 5) is 38.7. The molecule has 1 aliphatic rings. The van der Waals surface area contributed by atoms with Gasteiger partial charge in [-0.3, -0.25) is 24.0 Å². The molecule has 13 nitrogen and oxygen atoms in total. The molecular weight excluding hydrogens is 431 g/mol. The second-order valence-electron chi connectivity index (χ2n) is 6.77. The van der Waals surface area contributed by atoms with Gasteiger partial charge in [0.1, 0.15) is 12.0 Å². The zero-order valence-corrected chi connectivity index (χ0v) is 17.6. The second-order valence-corrected chi connectivity index (χ2v) is 8.29. The Morgan fingerprint density at radius 1 is 1.42 bits per heavy atom. The first-order chi connectivity index (χ1) is 14.7. The maximum Gasteiger partial charge on any atom is 0.430 e. The summed E-state index contributed by atoms with van der Waals surface area (Å²) in [5, 5.41) is 6.02. The molecule has 31 heavy (non-hydrogen) atoms.